The van der Waals surface area contributed by atoms with Gasteiger partial charge in [0.15, 0.2) is 0 Å². The van der Waals surface area contributed by atoms with Gasteiger partial charge in [0.2, 0.25) is 0 Å². The molecule has 4 nitrogen and oxygen atoms in total. The van der Waals surface area contributed by atoms with Crippen LogP contribution in [0.2, 0.25) is 0 Å². The molecule has 24 heavy (non-hydrogen) atoms. The molecule has 0 saturated carbocycles. The van der Waals surface area contributed by atoms with Gasteiger partial charge in [-0.05, 0) is 49.2 Å². The number of amides is 1. The van der Waals surface area contributed by atoms with Gasteiger partial charge in [-0.1, -0.05) is 18.2 Å². The minimum atomic E-state index is 0.0264. The molecule has 0 bridgehead atoms. The lowest BCUT2D eigenvalue weighted by atomic mass is 10.0. The second kappa shape index (κ2) is 7.39. The van der Waals surface area contributed by atoms with E-state index in [1.54, 1.807) is 0 Å². The second-order valence-corrected chi connectivity index (χ2v) is 6.51. The van der Waals surface area contributed by atoms with Gasteiger partial charge in [0.05, 0.1) is 0 Å². The van der Waals surface area contributed by atoms with E-state index in [9.17, 15) is 4.79 Å². The fourth-order valence-corrected chi connectivity index (χ4v) is 3.10. The van der Waals surface area contributed by atoms with Gasteiger partial charge in [-0.2, -0.15) is 0 Å². The second-order valence-electron chi connectivity index (χ2n) is 6.51. The molecule has 2 aromatic carbocycles. The first kappa shape index (κ1) is 16.4. The molecule has 4 heteroatoms. The predicted octanol–water partition coefficient (Wildman–Crippen LogP) is 3.15. The van der Waals surface area contributed by atoms with Gasteiger partial charge in [-0.15, -0.1) is 0 Å². The smallest absolute Gasteiger partial charge is 0.251 e. The topological polar surface area (TPSA) is 35.6 Å². The van der Waals surface area contributed by atoms with Crippen LogP contribution in [-0.2, 0) is 0 Å². The summed E-state index contributed by atoms with van der Waals surface area (Å²) in [6, 6.07) is 18.5. The monoisotopic (exact) mass is 323 g/mol. The molecule has 0 aromatic heterocycles. The van der Waals surface area contributed by atoms with Crippen LogP contribution >= 0.6 is 0 Å². The number of rotatable bonds is 4. The Morgan fingerprint density at radius 1 is 1.00 bits per heavy atom. The predicted molar refractivity (Wildman–Crippen MR) is 99.9 cm³/mol. The molecule has 1 aliphatic rings. The number of piperidine rings is 1. The van der Waals surface area contributed by atoms with Crippen molar-refractivity contribution >= 4 is 17.3 Å². The molecule has 1 heterocycles. The summed E-state index contributed by atoms with van der Waals surface area (Å²) in [6.45, 7) is 1.96. The molecule has 1 saturated heterocycles. The summed E-state index contributed by atoms with van der Waals surface area (Å²) < 4.78 is 0. The van der Waals surface area contributed by atoms with Crippen LogP contribution < -0.4 is 15.1 Å². The highest BCUT2D eigenvalue weighted by atomic mass is 16.1. The van der Waals surface area contributed by atoms with Crippen LogP contribution in [0.4, 0.5) is 11.4 Å². The highest BCUT2D eigenvalue weighted by molar-refractivity contribution is 5.94. The Balaban J connectivity index is 1.53. The van der Waals surface area contributed by atoms with Crippen molar-refractivity contribution in [2.75, 3.05) is 37.0 Å². The van der Waals surface area contributed by atoms with Crippen molar-refractivity contribution in [3.63, 3.8) is 0 Å². The van der Waals surface area contributed by atoms with E-state index >= 15 is 0 Å². The third-order valence-corrected chi connectivity index (χ3v) is 4.60. The first-order valence-electron chi connectivity index (χ1n) is 8.52. The lowest BCUT2D eigenvalue weighted by molar-refractivity contribution is 0.0931. The number of nitrogens with one attached hydrogen (secondary N) is 1. The van der Waals surface area contributed by atoms with Crippen molar-refractivity contribution in [3.8, 4) is 0 Å². The van der Waals surface area contributed by atoms with Crippen LogP contribution in [0.1, 0.15) is 23.2 Å². The molecular formula is C20H25N3O. The van der Waals surface area contributed by atoms with Gasteiger partial charge in [0.1, 0.15) is 0 Å². The van der Waals surface area contributed by atoms with Gasteiger partial charge >= 0.3 is 0 Å². The van der Waals surface area contributed by atoms with E-state index in [4.69, 9.17) is 0 Å². The number of carbonyl (C=O) groups is 1. The van der Waals surface area contributed by atoms with Gasteiger partial charge in [-0.3, -0.25) is 4.79 Å². The molecule has 2 aromatic rings. The van der Waals surface area contributed by atoms with E-state index in [0.717, 1.165) is 37.2 Å². The summed E-state index contributed by atoms with van der Waals surface area (Å²) in [7, 11) is 3.99. The lowest BCUT2D eigenvalue weighted by Crippen LogP contribution is -2.44. The van der Waals surface area contributed by atoms with Crippen molar-refractivity contribution in [2.24, 2.45) is 0 Å². The van der Waals surface area contributed by atoms with Gasteiger partial charge in [0, 0.05) is 50.2 Å². The number of hydrogen-bond acceptors (Lipinski definition) is 3. The summed E-state index contributed by atoms with van der Waals surface area (Å²) in [4.78, 5) is 16.8. The molecule has 1 aliphatic heterocycles. The van der Waals surface area contributed by atoms with Crippen molar-refractivity contribution < 1.29 is 4.79 Å². The maximum atomic E-state index is 12.4. The van der Waals surface area contributed by atoms with E-state index in [2.05, 4.69) is 34.5 Å². The number of hydrogen-bond donors (Lipinski definition) is 1. The molecular weight excluding hydrogens is 298 g/mol. The minimum Gasteiger partial charge on any atom is -0.378 e. The lowest BCUT2D eigenvalue weighted by Gasteiger charge is -2.34. The highest BCUT2D eigenvalue weighted by Crippen LogP contribution is 2.20. The first-order chi connectivity index (χ1) is 11.6. The summed E-state index contributed by atoms with van der Waals surface area (Å²) in [6.07, 6.45) is 1.97. The zero-order valence-electron chi connectivity index (χ0n) is 14.4. The zero-order valence-corrected chi connectivity index (χ0v) is 14.4. The van der Waals surface area contributed by atoms with E-state index in [1.807, 2.05) is 49.3 Å². The normalized spacial score (nSPS) is 15.2. The van der Waals surface area contributed by atoms with Crippen LogP contribution in [0.3, 0.4) is 0 Å². The maximum Gasteiger partial charge on any atom is 0.251 e. The quantitative estimate of drug-likeness (QED) is 0.939. The summed E-state index contributed by atoms with van der Waals surface area (Å²) in [5.41, 5.74) is 3.09. The summed E-state index contributed by atoms with van der Waals surface area (Å²) >= 11 is 0. The number of benzene rings is 2. The van der Waals surface area contributed by atoms with Crippen LogP contribution in [0.15, 0.2) is 54.6 Å². The third kappa shape index (κ3) is 3.88. The summed E-state index contributed by atoms with van der Waals surface area (Å²) in [5, 5.41) is 3.18. The number of nitrogens with zero attached hydrogens (tertiary/aromatic N) is 2. The summed E-state index contributed by atoms with van der Waals surface area (Å²) in [5.74, 6) is 0.0264. The largest absolute Gasteiger partial charge is 0.378 e. The van der Waals surface area contributed by atoms with Crippen molar-refractivity contribution in [1.29, 1.82) is 0 Å². The maximum absolute atomic E-state index is 12.4. The average molecular weight is 323 g/mol. The molecule has 3 rings (SSSR count). The van der Waals surface area contributed by atoms with Gasteiger partial charge in [-0.25, -0.2) is 0 Å². The third-order valence-electron chi connectivity index (χ3n) is 4.60. The molecule has 126 valence electrons. The van der Waals surface area contributed by atoms with Crippen LogP contribution in [0, 0.1) is 0 Å². The Labute approximate surface area is 144 Å². The van der Waals surface area contributed by atoms with Crippen LogP contribution in [0.5, 0.6) is 0 Å². The Morgan fingerprint density at radius 2 is 1.62 bits per heavy atom. The van der Waals surface area contributed by atoms with E-state index in [-0.39, 0.29) is 11.9 Å². The molecule has 0 atom stereocenters. The molecule has 0 radical (unpaired) electrons. The Hall–Kier alpha value is -2.49. The standard InChI is InChI=1S/C20H25N3O/c1-22(2)18-10-8-16(9-11-18)20(24)21-17-12-14-23(15-13-17)19-6-4-3-5-7-19/h3-11,17H,12-15H2,1-2H3,(H,21,24). The highest BCUT2D eigenvalue weighted by Gasteiger charge is 2.21. The van der Waals surface area contributed by atoms with E-state index < -0.39 is 0 Å². The van der Waals surface area contributed by atoms with Crippen molar-refractivity contribution in [2.45, 2.75) is 18.9 Å². The van der Waals surface area contributed by atoms with Crippen LogP contribution in [-0.4, -0.2) is 39.1 Å². The Kier molecular flexibility index (Phi) is 5.04. The number of para-hydroxylation sites is 1. The molecule has 0 unspecified atom stereocenters. The number of anilines is 2. The van der Waals surface area contributed by atoms with Gasteiger partial charge < -0.3 is 15.1 Å². The SMILES string of the molecule is CN(C)c1ccc(C(=O)NC2CCN(c3ccccc3)CC2)cc1. The fourth-order valence-electron chi connectivity index (χ4n) is 3.10. The first-order valence-corrected chi connectivity index (χ1v) is 8.52. The Bertz CT molecular complexity index is 659. The molecule has 1 amide bonds. The van der Waals surface area contributed by atoms with Gasteiger partial charge in [0.25, 0.3) is 5.91 Å². The molecule has 1 N–H and O–H groups in total. The molecule has 1 fully saturated rings. The zero-order chi connectivity index (χ0) is 16.9. The Morgan fingerprint density at radius 3 is 2.21 bits per heavy atom. The fraction of sp³-hybridized carbons (Fsp3) is 0.350. The molecule has 0 aliphatic carbocycles. The van der Waals surface area contributed by atoms with Crippen molar-refractivity contribution in [1.82, 2.24) is 5.32 Å². The van der Waals surface area contributed by atoms with E-state index in [1.165, 1.54) is 5.69 Å². The van der Waals surface area contributed by atoms with Crippen molar-refractivity contribution in [3.05, 3.63) is 60.2 Å². The molecule has 0 spiro atoms. The average Bonchev–Trinajstić information content (AvgIpc) is 2.63. The number of carbonyl (C=O) groups excluding carboxylic acids is 1. The minimum absolute atomic E-state index is 0.0264. The van der Waals surface area contributed by atoms with E-state index in [0.29, 0.717) is 0 Å². The van der Waals surface area contributed by atoms with Crippen LogP contribution in [0.25, 0.3) is 0 Å².